The van der Waals surface area contributed by atoms with Gasteiger partial charge in [-0.25, -0.2) is 9.29 Å². The fourth-order valence-corrected chi connectivity index (χ4v) is 1.19. The number of hydrogen-bond donors (Lipinski definition) is 0. The number of nitrogens with zero attached hydrogens (tertiary/aromatic N) is 1. The fourth-order valence-electron chi connectivity index (χ4n) is 1.19. The second kappa shape index (κ2) is 3.47. The van der Waals surface area contributed by atoms with Crippen LogP contribution in [0.15, 0.2) is 12.7 Å². The molecule has 1 aliphatic heterocycles. The molecule has 1 unspecified atom stereocenters. The molecular weight excluding hydrogens is 161 g/mol. The highest BCUT2D eigenvalue weighted by Crippen LogP contribution is 2.19. The van der Waals surface area contributed by atoms with Crippen molar-refractivity contribution in [3.05, 3.63) is 12.7 Å². The molecule has 1 atom stereocenters. The molecule has 0 aliphatic carbocycles. The average molecular weight is 171 g/mol. The van der Waals surface area contributed by atoms with Gasteiger partial charge in [-0.2, -0.15) is 0 Å². The monoisotopic (exact) mass is 171 g/mol. The van der Waals surface area contributed by atoms with Crippen molar-refractivity contribution in [3.63, 3.8) is 0 Å². The first-order chi connectivity index (χ1) is 5.66. The summed E-state index contributed by atoms with van der Waals surface area (Å²) in [5, 5.41) is 0. The Hall–Kier alpha value is -1.19. The number of hydrogen-bond acceptors (Lipinski definition) is 2. The molecular formula is C8H10FNO2. The standard InChI is InChI=1S/C8H10FNO2/c1-2-7(11)10-6(9)4-3-5-8(10)12/h2,6H,1,3-5H2. The summed E-state index contributed by atoms with van der Waals surface area (Å²) in [6.45, 7) is 3.19. The minimum atomic E-state index is -1.46. The van der Waals surface area contributed by atoms with Crippen LogP contribution >= 0.6 is 0 Å². The van der Waals surface area contributed by atoms with Gasteiger partial charge in [0, 0.05) is 6.42 Å². The summed E-state index contributed by atoms with van der Waals surface area (Å²) in [7, 11) is 0. The van der Waals surface area contributed by atoms with Gasteiger partial charge in [-0.05, 0) is 18.9 Å². The molecule has 1 rings (SSSR count). The second-order valence-electron chi connectivity index (χ2n) is 2.63. The summed E-state index contributed by atoms with van der Waals surface area (Å²) in [4.78, 5) is 22.6. The van der Waals surface area contributed by atoms with Crippen LogP contribution in [0, 0.1) is 0 Å². The Morgan fingerprint density at radius 2 is 2.42 bits per heavy atom. The Morgan fingerprint density at radius 3 is 2.92 bits per heavy atom. The normalized spacial score (nSPS) is 23.9. The Labute approximate surface area is 69.8 Å². The summed E-state index contributed by atoms with van der Waals surface area (Å²) in [6.07, 6.45) is 0.499. The van der Waals surface area contributed by atoms with Crippen molar-refractivity contribution in [2.45, 2.75) is 25.6 Å². The van der Waals surface area contributed by atoms with Crippen LogP contribution in [0.2, 0.25) is 0 Å². The van der Waals surface area contributed by atoms with Gasteiger partial charge < -0.3 is 0 Å². The molecule has 4 heteroatoms. The maximum atomic E-state index is 13.0. The van der Waals surface area contributed by atoms with Crippen molar-refractivity contribution in [1.29, 1.82) is 0 Å². The Morgan fingerprint density at radius 1 is 1.75 bits per heavy atom. The van der Waals surface area contributed by atoms with Gasteiger partial charge in [-0.3, -0.25) is 9.59 Å². The first-order valence-electron chi connectivity index (χ1n) is 3.79. The van der Waals surface area contributed by atoms with Crippen molar-refractivity contribution in [2.24, 2.45) is 0 Å². The minimum Gasteiger partial charge on any atom is -0.274 e. The van der Waals surface area contributed by atoms with Crippen LogP contribution in [0.4, 0.5) is 4.39 Å². The maximum absolute atomic E-state index is 13.0. The molecule has 1 heterocycles. The smallest absolute Gasteiger partial charge is 0.254 e. The molecule has 1 aliphatic rings. The van der Waals surface area contributed by atoms with E-state index in [4.69, 9.17) is 0 Å². The number of amides is 2. The average Bonchev–Trinajstić information content (AvgIpc) is 2.03. The zero-order chi connectivity index (χ0) is 9.14. The lowest BCUT2D eigenvalue weighted by molar-refractivity contribution is -0.152. The Bertz CT molecular complexity index is 227. The molecule has 1 saturated heterocycles. The van der Waals surface area contributed by atoms with E-state index in [2.05, 4.69) is 6.58 Å². The highest BCUT2D eigenvalue weighted by atomic mass is 19.1. The number of piperidine rings is 1. The zero-order valence-electron chi connectivity index (χ0n) is 6.62. The van der Waals surface area contributed by atoms with E-state index in [1.165, 1.54) is 0 Å². The lowest BCUT2D eigenvalue weighted by atomic mass is 10.1. The maximum Gasteiger partial charge on any atom is 0.254 e. The van der Waals surface area contributed by atoms with E-state index < -0.39 is 18.1 Å². The summed E-state index contributed by atoms with van der Waals surface area (Å²) >= 11 is 0. The van der Waals surface area contributed by atoms with Gasteiger partial charge >= 0.3 is 0 Å². The van der Waals surface area contributed by atoms with Crippen LogP contribution < -0.4 is 0 Å². The molecule has 0 bridgehead atoms. The van der Waals surface area contributed by atoms with Gasteiger partial charge in [0.25, 0.3) is 5.91 Å². The summed E-state index contributed by atoms with van der Waals surface area (Å²) in [6, 6.07) is 0. The fraction of sp³-hybridized carbons (Fsp3) is 0.500. The number of rotatable bonds is 1. The Kier molecular flexibility index (Phi) is 2.58. The predicted octanol–water partition coefficient (Wildman–Crippen LogP) is 1.01. The molecule has 0 saturated carbocycles. The van der Waals surface area contributed by atoms with Gasteiger partial charge in [0.05, 0.1) is 0 Å². The van der Waals surface area contributed by atoms with Gasteiger partial charge in [0.15, 0.2) is 6.30 Å². The van der Waals surface area contributed by atoms with E-state index in [-0.39, 0.29) is 12.8 Å². The van der Waals surface area contributed by atoms with Gasteiger partial charge in [0.1, 0.15) is 0 Å². The first kappa shape index (κ1) is 8.90. The molecule has 0 aromatic carbocycles. The molecule has 66 valence electrons. The quantitative estimate of drug-likeness (QED) is 0.436. The molecule has 1 fully saturated rings. The number of likely N-dealkylation sites (tertiary alicyclic amines) is 1. The third-order valence-electron chi connectivity index (χ3n) is 1.79. The van der Waals surface area contributed by atoms with Crippen LogP contribution in [0.25, 0.3) is 0 Å². The van der Waals surface area contributed by atoms with Crippen molar-refractivity contribution in [3.8, 4) is 0 Å². The van der Waals surface area contributed by atoms with Crippen molar-refractivity contribution in [1.82, 2.24) is 4.90 Å². The van der Waals surface area contributed by atoms with Crippen LogP contribution in [0.5, 0.6) is 0 Å². The van der Waals surface area contributed by atoms with Crippen LogP contribution in [0.1, 0.15) is 19.3 Å². The Balaban J connectivity index is 2.75. The van der Waals surface area contributed by atoms with E-state index in [9.17, 15) is 14.0 Å². The number of carbonyl (C=O) groups is 2. The lowest BCUT2D eigenvalue weighted by Gasteiger charge is -2.27. The molecule has 3 nitrogen and oxygen atoms in total. The van der Waals surface area contributed by atoms with Gasteiger partial charge in [0.2, 0.25) is 5.91 Å². The second-order valence-corrected chi connectivity index (χ2v) is 2.63. The molecule has 2 amide bonds. The minimum absolute atomic E-state index is 0.241. The van der Waals surface area contributed by atoms with E-state index in [0.717, 1.165) is 6.08 Å². The molecule has 0 spiro atoms. The molecule has 0 radical (unpaired) electrons. The summed E-state index contributed by atoms with van der Waals surface area (Å²) in [5.74, 6) is -1.09. The topological polar surface area (TPSA) is 37.4 Å². The first-order valence-corrected chi connectivity index (χ1v) is 3.79. The van der Waals surface area contributed by atoms with Crippen molar-refractivity contribution >= 4 is 11.8 Å². The molecule has 0 aromatic heterocycles. The number of imide groups is 1. The molecule has 12 heavy (non-hydrogen) atoms. The predicted molar refractivity (Wildman–Crippen MR) is 40.8 cm³/mol. The number of alkyl halides is 1. The van der Waals surface area contributed by atoms with E-state index >= 15 is 0 Å². The van der Waals surface area contributed by atoms with E-state index in [1.54, 1.807) is 0 Å². The largest absolute Gasteiger partial charge is 0.274 e. The van der Waals surface area contributed by atoms with Gasteiger partial charge in [-0.1, -0.05) is 6.58 Å². The summed E-state index contributed by atoms with van der Waals surface area (Å²) in [5.41, 5.74) is 0. The third kappa shape index (κ3) is 1.52. The van der Waals surface area contributed by atoms with Crippen molar-refractivity contribution in [2.75, 3.05) is 0 Å². The van der Waals surface area contributed by atoms with E-state index in [0.29, 0.717) is 11.3 Å². The van der Waals surface area contributed by atoms with Crippen LogP contribution in [-0.4, -0.2) is 23.0 Å². The highest BCUT2D eigenvalue weighted by molar-refractivity contribution is 6.01. The number of carbonyl (C=O) groups excluding carboxylic acids is 2. The highest BCUT2D eigenvalue weighted by Gasteiger charge is 2.31. The number of halogens is 1. The lowest BCUT2D eigenvalue weighted by Crippen LogP contribution is -2.44. The third-order valence-corrected chi connectivity index (χ3v) is 1.79. The molecule has 0 aromatic rings. The SMILES string of the molecule is C=CC(=O)N1C(=O)CCCC1F. The van der Waals surface area contributed by atoms with Crippen LogP contribution in [0.3, 0.4) is 0 Å². The van der Waals surface area contributed by atoms with Crippen LogP contribution in [-0.2, 0) is 9.59 Å². The summed E-state index contributed by atoms with van der Waals surface area (Å²) < 4.78 is 13.0. The zero-order valence-corrected chi connectivity index (χ0v) is 6.62. The van der Waals surface area contributed by atoms with Gasteiger partial charge in [-0.15, -0.1) is 0 Å². The van der Waals surface area contributed by atoms with E-state index in [1.807, 2.05) is 0 Å². The van der Waals surface area contributed by atoms with Crippen molar-refractivity contribution < 1.29 is 14.0 Å². The molecule has 0 N–H and O–H groups in total.